The Labute approximate surface area is 201 Å². The highest BCUT2D eigenvalue weighted by Crippen LogP contribution is 2.43. The third kappa shape index (κ3) is 4.05. The average Bonchev–Trinajstić information content (AvgIpc) is 3.04. The Kier molecular flexibility index (Phi) is 5.94. The van der Waals surface area contributed by atoms with Gasteiger partial charge >= 0.3 is 0 Å². The second-order valence-electron chi connectivity index (χ2n) is 10.1. The van der Waals surface area contributed by atoms with E-state index in [-0.39, 0.29) is 16.7 Å². The van der Waals surface area contributed by atoms with Crippen LogP contribution in [-0.4, -0.2) is 16.8 Å². The maximum absolute atomic E-state index is 13.4. The molecule has 1 fully saturated rings. The zero-order chi connectivity index (χ0) is 24.8. The van der Waals surface area contributed by atoms with Gasteiger partial charge in [0, 0.05) is 11.3 Å². The molecule has 1 saturated heterocycles. The number of aryl methyl sites for hydroxylation is 3. The molecule has 1 atom stereocenters. The molecule has 4 rings (SSSR count). The van der Waals surface area contributed by atoms with E-state index >= 15 is 0 Å². The van der Waals surface area contributed by atoms with Crippen molar-refractivity contribution in [3.05, 3.63) is 106 Å². The largest absolute Gasteiger partial charge is 0.507 e. The van der Waals surface area contributed by atoms with Crippen LogP contribution in [-0.2, 0) is 15.0 Å². The normalized spacial score (nSPS) is 17.9. The van der Waals surface area contributed by atoms with Crippen molar-refractivity contribution in [2.75, 3.05) is 4.90 Å². The number of Topliss-reactive ketones (excluding diaryl/α,β-unsaturated/α-hetero) is 1. The molecule has 4 nitrogen and oxygen atoms in total. The van der Waals surface area contributed by atoms with Crippen molar-refractivity contribution in [3.8, 4) is 0 Å². The van der Waals surface area contributed by atoms with Crippen LogP contribution in [0.2, 0.25) is 0 Å². The summed E-state index contributed by atoms with van der Waals surface area (Å²) in [4.78, 5) is 28.4. The Morgan fingerprint density at radius 3 is 2.15 bits per heavy atom. The first-order valence-electron chi connectivity index (χ1n) is 11.6. The van der Waals surface area contributed by atoms with Gasteiger partial charge in [-0.1, -0.05) is 80.9 Å². The second kappa shape index (κ2) is 8.60. The summed E-state index contributed by atoms with van der Waals surface area (Å²) in [5, 5.41) is 11.6. The first kappa shape index (κ1) is 23.5. The molecule has 4 heteroatoms. The van der Waals surface area contributed by atoms with Gasteiger partial charge < -0.3 is 5.11 Å². The Balaban J connectivity index is 1.99. The molecule has 0 aromatic heterocycles. The van der Waals surface area contributed by atoms with Crippen molar-refractivity contribution in [1.82, 2.24) is 0 Å². The maximum atomic E-state index is 13.4. The highest BCUT2D eigenvalue weighted by atomic mass is 16.3. The molecule has 0 spiro atoms. The van der Waals surface area contributed by atoms with E-state index < -0.39 is 17.7 Å². The van der Waals surface area contributed by atoms with Crippen LogP contribution in [0.15, 0.2) is 72.3 Å². The number of carbonyl (C=O) groups excluding carboxylic acids is 2. The van der Waals surface area contributed by atoms with E-state index in [0.29, 0.717) is 11.3 Å². The van der Waals surface area contributed by atoms with E-state index in [9.17, 15) is 14.7 Å². The van der Waals surface area contributed by atoms with E-state index in [0.717, 1.165) is 27.8 Å². The second-order valence-corrected chi connectivity index (χ2v) is 10.1. The summed E-state index contributed by atoms with van der Waals surface area (Å²) in [6.07, 6.45) is 0. The molecule has 3 aromatic rings. The van der Waals surface area contributed by atoms with Gasteiger partial charge in [0.15, 0.2) is 0 Å². The molecule has 1 N–H and O–H groups in total. The molecule has 1 heterocycles. The van der Waals surface area contributed by atoms with Crippen molar-refractivity contribution in [2.24, 2.45) is 0 Å². The lowest BCUT2D eigenvalue weighted by atomic mass is 9.84. The summed E-state index contributed by atoms with van der Waals surface area (Å²) in [6, 6.07) is 20.4. The lowest BCUT2D eigenvalue weighted by Gasteiger charge is -2.27. The Morgan fingerprint density at radius 1 is 0.853 bits per heavy atom. The number of anilines is 1. The van der Waals surface area contributed by atoms with Crippen molar-refractivity contribution < 1.29 is 14.7 Å². The van der Waals surface area contributed by atoms with Gasteiger partial charge in [-0.3, -0.25) is 14.5 Å². The van der Waals surface area contributed by atoms with E-state index in [1.54, 1.807) is 0 Å². The molecule has 1 aliphatic rings. The van der Waals surface area contributed by atoms with Gasteiger partial charge in [0.05, 0.1) is 11.6 Å². The quantitative estimate of drug-likeness (QED) is 0.278. The van der Waals surface area contributed by atoms with Crippen molar-refractivity contribution in [2.45, 2.75) is 53.0 Å². The van der Waals surface area contributed by atoms with E-state index in [1.165, 1.54) is 4.90 Å². The predicted octanol–water partition coefficient (Wildman–Crippen LogP) is 6.54. The molecular weight excluding hydrogens is 422 g/mol. The van der Waals surface area contributed by atoms with Gasteiger partial charge in [-0.25, -0.2) is 0 Å². The van der Waals surface area contributed by atoms with Crippen LogP contribution in [0.1, 0.15) is 60.2 Å². The van der Waals surface area contributed by atoms with Crippen LogP contribution in [0.25, 0.3) is 5.76 Å². The molecule has 0 radical (unpaired) electrons. The Hall–Kier alpha value is -3.66. The van der Waals surface area contributed by atoms with Gasteiger partial charge in [0.1, 0.15) is 5.76 Å². The zero-order valence-corrected chi connectivity index (χ0v) is 20.6. The molecule has 34 heavy (non-hydrogen) atoms. The number of amides is 1. The fraction of sp³-hybridized carbons (Fsp3) is 0.267. The standard InChI is InChI=1S/C30H31NO3/c1-18-12-15-24(20(3)16-18)31-26(21-10-8-7-9-11-21)25(28(33)29(31)34)27(32)23-17-22(30(4,5)6)14-13-19(23)2/h7-17,26,32H,1-6H3/b27-25+. The lowest BCUT2D eigenvalue weighted by Crippen LogP contribution is -2.30. The van der Waals surface area contributed by atoms with Crippen LogP contribution in [0.4, 0.5) is 5.69 Å². The van der Waals surface area contributed by atoms with Gasteiger partial charge in [-0.2, -0.15) is 0 Å². The Bertz CT molecular complexity index is 1310. The van der Waals surface area contributed by atoms with Crippen LogP contribution in [0.3, 0.4) is 0 Å². The van der Waals surface area contributed by atoms with E-state index in [2.05, 4.69) is 20.8 Å². The SMILES string of the molecule is Cc1ccc(N2C(=O)C(=O)/C(=C(/O)c3cc(C(C)(C)C)ccc3C)C2c2ccccc2)c(C)c1. The minimum Gasteiger partial charge on any atom is -0.507 e. The summed E-state index contributed by atoms with van der Waals surface area (Å²) in [5.41, 5.74) is 5.85. The van der Waals surface area contributed by atoms with Crippen molar-refractivity contribution >= 4 is 23.1 Å². The fourth-order valence-electron chi connectivity index (χ4n) is 4.60. The smallest absolute Gasteiger partial charge is 0.300 e. The van der Waals surface area contributed by atoms with Gasteiger partial charge in [0.2, 0.25) is 0 Å². The van der Waals surface area contributed by atoms with Gasteiger partial charge in [-0.05, 0) is 60.6 Å². The minimum atomic E-state index is -0.722. The first-order chi connectivity index (χ1) is 16.0. The molecule has 1 amide bonds. The number of ketones is 1. The number of benzene rings is 3. The molecule has 1 unspecified atom stereocenters. The van der Waals surface area contributed by atoms with Gasteiger partial charge in [0.25, 0.3) is 11.7 Å². The molecule has 1 aliphatic heterocycles. The molecular formula is C30H31NO3. The number of hydrogen-bond donors (Lipinski definition) is 1. The average molecular weight is 454 g/mol. The van der Waals surface area contributed by atoms with Crippen LogP contribution >= 0.6 is 0 Å². The Morgan fingerprint density at radius 2 is 1.53 bits per heavy atom. The minimum absolute atomic E-state index is 0.116. The zero-order valence-electron chi connectivity index (χ0n) is 20.6. The number of nitrogens with zero attached hydrogens (tertiary/aromatic N) is 1. The molecule has 0 bridgehead atoms. The van der Waals surface area contributed by atoms with Crippen molar-refractivity contribution in [3.63, 3.8) is 0 Å². The molecule has 0 aliphatic carbocycles. The number of aliphatic hydroxyl groups is 1. The highest BCUT2D eigenvalue weighted by Gasteiger charge is 2.47. The predicted molar refractivity (Wildman–Crippen MR) is 137 cm³/mol. The third-order valence-electron chi connectivity index (χ3n) is 6.53. The summed E-state index contributed by atoms with van der Waals surface area (Å²) < 4.78 is 0. The highest BCUT2D eigenvalue weighted by molar-refractivity contribution is 6.51. The summed E-state index contributed by atoms with van der Waals surface area (Å²) in [6.45, 7) is 12.1. The topological polar surface area (TPSA) is 57.6 Å². The molecule has 0 saturated carbocycles. The van der Waals surface area contributed by atoms with Gasteiger partial charge in [-0.15, -0.1) is 0 Å². The molecule has 174 valence electrons. The summed E-state index contributed by atoms with van der Waals surface area (Å²) in [7, 11) is 0. The molecule has 3 aromatic carbocycles. The number of carbonyl (C=O) groups is 2. The lowest BCUT2D eigenvalue weighted by molar-refractivity contribution is -0.132. The van der Waals surface area contributed by atoms with E-state index in [1.807, 2.05) is 87.5 Å². The third-order valence-corrected chi connectivity index (χ3v) is 6.53. The fourth-order valence-corrected chi connectivity index (χ4v) is 4.60. The summed E-state index contributed by atoms with van der Waals surface area (Å²) >= 11 is 0. The number of rotatable bonds is 3. The van der Waals surface area contributed by atoms with Crippen LogP contribution in [0, 0.1) is 20.8 Å². The van der Waals surface area contributed by atoms with E-state index in [4.69, 9.17) is 0 Å². The monoisotopic (exact) mass is 453 g/mol. The first-order valence-corrected chi connectivity index (χ1v) is 11.6. The van der Waals surface area contributed by atoms with Crippen molar-refractivity contribution in [1.29, 1.82) is 0 Å². The number of aliphatic hydroxyl groups excluding tert-OH is 1. The van der Waals surface area contributed by atoms with Crippen LogP contribution < -0.4 is 4.90 Å². The van der Waals surface area contributed by atoms with Crippen LogP contribution in [0.5, 0.6) is 0 Å². The maximum Gasteiger partial charge on any atom is 0.300 e. The summed E-state index contributed by atoms with van der Waals surface area (Å²) in [5.74, 6) is -1.44. The number of hydrogen-bond acceptors (Lipinski definition) is 3.